The number of rotatable bonds is 1. The summed E-state index contributed by atoms with van der Waals surface area (Å²) in [6, 6.07) is 5.08. The Labute approximate surface area is 130 Å². The maximum atomic E-state index is 13.9. The highest BCUT2D eigenvalue weighted by Gasteiger charge is 2.43. The van der Waals surface area contributed by atoms with E-state index in [9.17, 15) is 35.9 Å². The zero-order valence-electron chi connectivity index (χ0n) is 11.4. The number of amides is 2. The molecule has 0 bridgehead atoms. The van der Waals surface area contributed by atoms with Crippen LogP contribution in [0.4, 0.5) is 32.0 Å². The van der Waals surface area contributed by atoms with Crippen molar-refractivity contribution in [3.05, 3.63) is 64.5 Å². The Morgan fingerprint density at radius 3 is 1.75 bits per heavy atom. The molecule has 1 heterocycles. The normalized spacial score (nSPS) is 14.3. The Balaban J connectivity index is 2.23. The van der Waals surface area contributed by atoms with E-state index in [1.807, 2.05) is 0 Å². The van der Waals surface area contributed by atoms with Gasteiger partial charge in [0.15, 0.2) is 17.5 Å². The van der Waals surface area contributed by atoms with Crippen LogP contribution < -0.4 is 4.90 Å². The third-order valence-corrected chi connectivity index (χ3v) is 3.47. The van der Waals surface area contributed by atoms with Gasteiger partial charge in [-0.3, -0.25) is 9.59 Å². The standard InChI is InChI=1S/C15H5F6NO2/c16-10-8(15(19,20)21)5-9(11(17)12(10)18)22-13(23)6-3-1-2-4-7(6)14(22)24/h1-5H. The molecule has 3 rings (SSSR count). The Bertz CT molecular complexity index is 855. The molecule has 9 heteroatoms. The molecule has 2 amide bonds. The van der Waals surface area contributed by atoms with Gasteiger partial charge in [0, 0.05) is 0 Å². The summed E-state index contributed by atoms with van der Waals surface area (Å²) in [5.74, 6) is -9.19. The predicted octanol–water partition coefficient (Wildman–Crippen LogP) is 3.92. The van der Waals surface area contributed by atoms with E-state index in [1.54, 1.807) is 0 Å². The first kappa shape index (κ1) is 16.0. The molecule has 3 nitrogen and oxygen atoms in total. The molecule has 2 aromatic carbocycles. The van der Waals surface area contributed by atoms with Crippen molar-refractivity contribution in [2.24, 2.45) is 0 Å². The smallest absolute Gasteiger partial charge is 0.268 e. The van der Waals surface area contributed by atoms with Gasteiger partial charge in [-0.1, -0.05) is 12.1 Å². The van der Waals surface area contributed by atoms with E-state index in [4.69, 9.17) is 0 Å². The molecule has 2 aromatic rings. The third kappa shape index (κ3) is 2.15. The summed E-state index contributed by atoms with van der Waals surface area (Å²) in [6.07, 6.45) is -5.34. The van der Waals surface area contributed by atoms with Crippen LogP contribution in [-0.2, 0) is 6.18 Å². The van der Waals surface area contributed by atoms with Crippen LogP contribution in [0.25, 0.3) is 0 Å². The number of fused-ring (bicyclic) bond motifs is 1. The number of hydrogen-bond acceptors (Lipinski definition) is 2. The summed E-state index contributed by atoms with van der Waals surface area (Å²) in [5, 5.41) is 0. The maximum absolute atomic E-state index is 13.9. The molecule has 1 aliphatic rings. The van der Waals surface area contributed by atoms with E-state index in [0.717, 1.165) is 0 Å². The molecule has 0 aromatic heterocycles. The van der Waals surface area contributed by atoms with Crippen molar-refractivity contribution in [2.75, 3.05) is 4.90 Å². The summed E-state index contributed by atoms with van der Waals surface area (Å²) in [6.45, 7) is 0. The largest absolute Gasteiger partial charge is 0.419 e. The van der Waals surface area contributed by atoms with Crippen molar-refractivity contribution < 1.29 is 35.9 Å². The highest BCUT2D eigenvalue weighted by atomic mass is 19.4. The number of hydrogen-bond donors (Lipinski definition) is 0. The van der Waals surface area contributed by atoms with Gasteiger partial charge in [0.25, 0.3) is 11.8 Å². The van der Waals surface area contributed by atoms with Gasteiger partial charge in [0.1, 0.15) is 0 Å². The van der Waals surface area contributed by atoms with E-state index >= 15 is 0 Å². The molecule has 0 saturated carbocycles. The van der Waals surface area contributed by atoms with E-state index in [0.29, 0.717) is 0 Å². The second-order valence-electron chi connectivity index (χ2n) is 4.87. The Kier molecular flexibility index (Phi) is 3.40. The zero-order valence-corrected chi connectivity index (χ0v) is 11.4. The summed E-state index contributed by atoms with van der Waals surface area (Å²) in [4.78, 5) is 24.4. The van der Waals surface area contributed by atoms with Gasteiger partial charge in [0.05, 0.1) is 22.4 Å². The molecule has 0 radical (unpaired) electrons. The highest BCUT2D eigenvalue weighted by molar-refractivity contribution is 6.34. The Hall–Kier alpha value is -2.84. The number of anilines is 1. The number of imide groups is 1. The second-order valence-corrected chi connectivity index (χ2v) is 4.87. The van der Waals surface area contributed by atoms with Crippen LogP contribution in [0.5, 0.6) is 0 Å². The van der Waals surface area contributed by atoms with Crippen LogP contribution in [0.15, 0.2) is 30.3 Å². The van der Waals surface area contributed by atoms with Gasteiger partial charge in [0.2, 0.25) is 0 Å². The lowest BCUT2D eigenvalue weighted by Crippen LogP contribution is -2.31. The molecule has 124 valence electrons. The molecule has 0 aliphatic carbocycles. The molecule has 0 fully saturated rings. The SMILES string of the molecule is O=C1c2ccccc2C(=O)N1c1cc(C(F)(F)F)c(F)c(F)c1F. The van der Waals surface area contributed by atoms with Crippen LogP contribution in [0.1, 0.15) is 26.3 Å². The van der Waals surface area contributed by atoms with Crippen molar-refractivity contribution in [2.45, 2.75) is 6.18 Å². The van der Waals surface area contributed by atoms with Crippen LogP contribution >= 0.6 is 0 Å². The third-order valence-electron chi connectivity index (χ3n) is 3.47. The number of nitrogens with zero attached hydrogens (tertiary/aromatic N) is 1. The molecule has 1 aliphatic heterocycles. The molecule has 0 atom stereocenters. The lowest BCUT2D eigenvalue weighted by molar-refractivity contribution is -0.140. The number of halogens is 6. The van der Waals surface area contributed by atoms with Gasteiger partial charge in [-0.05, 0) is 18.2 Å². The lowest BCUT2D eigenvalue weighted by atomic mass is 10.1. The van der Waals surface area contributed by atoms with Crippen LogP contribution in [0, 0.1) is 17.5 Å². The van der Waals surface area contributed by atoms with Crippen molar-refractivity contribution in [1.29, 1.82) is 0 Å². The summed E-state index contributed by atoms with van der Waals surface area (Å²) >= 11 is 0. The number of benzene rings is 2. The van der Waals surface area contributed by atoms with Gasteiger partial charge < -0.3 is 0 Å². The van der Waals surface area contributed by atoms with Crippen molar-refractivity contribution >= 4 is 17.5 Å². The first-order chi connectivity index (χ1) is 11.1. The molecular formula is C15H5F6NO2. The molecular weight excluding hydrogens is 340 g/mol. The van der Waals surface area contributed by atoms with Crippen LogP contribution in [0.3, 0.4) is 0 Å². The van der Waals surface area contributed by atoms with Gasteiger partial charge in [-0.15, -0.1) is 0 Å². The van der Waals surface area contributed by atoms with E-state index in [-0.39, 0.29) is 22.1 Å². The predicted molar refractivity (Wildman–Crippen MR) is 68.9 cm³/mol. The van der Waals surface area contributed by atoms with Crippen molar-refractivity contribution in [3.63, 3.8) is 0 Å². The summed E-state index contributed by atoms with van der Waals surface area (Å²) < 4.78 is 79.1. The minimum atomic E-state index is -5.34. The summed E-state index contributed by atoms with van der Waals surface area (Å²) in [5.41, 5.74) is -3.78. The lowest BCUT2D eigenvalue weighted by Gasteiger charge is -2.18. The average molecular weight is 345 g/mol. The average Bonchev–Trinajstić information content (AvgIpc) is 2.77. The number of carbonyl (C=O) groups is 2. The molecule has 0 N–H and O–H groups in total. The summed E-state index contributed by atoms with van der Waals surface area (Å²) in [7, 11) is 0. The van der Waals surface area contributed by atoms with E-state index in [1.165, 1.54) is 24.3 Å². The first-order valence-electron chi connectivity index (χ1n) is 6.37. The monoisotopic (exact) mass is 345 g/mol. The van der Waals surface area contributed by atoms with Gasteiger partial charge in [-0.2, -0.15) is 13.2 Å². The minimum Gasteiger partial charge on any atom is -0.268 e. The van der Waals surface area contributed by atoms with Gasteiger partial charge in [-0.25, -0.2) is 18.1 Å². The quantitative estimate of drug-likeness (QED) is 0.446. The van der Waals surface area contributed by atoms with Crippen molar-refractivity contribution in [1.82, 2.24) is 0 Å². The van der Waals surface area contributed by atoms with Crippen LogP contribution in [0.2, 0.25) is 0 Å². The molecule has 24 heavy (non-hydrogen) atoms. The Morgan fingerprint density at radius 1 is 0.792 bits per heavy atom. The number of carbonyl (C=O) groups excluding carboxylic acids is 2. The maximum Gasteiger partial charge on any atom is 0.419 e. The molecule has 0 unspecified atom stereocenters. The molecule has 0 spiro atoms. The number of alkyl halides is 3. The zero-order chi connectivity index (χ0) is 17.8. The fourth-order valence-corrected chi connectivity index (χ4v) is 2.37. The fraction of sp³-hybridized carbons (Fsp3) is 0.0667. The minimum absolute atomic E-state index is 0.0533. The first-order valence-corrected chi connectivity index (χ1v) is 6.37. The van der Waals surface area contributed by atoms with Gasteiger partial charge >= 0.3 is 6.18 Å². The Morgan fingerprint density at radius 2 is 1.29 bits per heavy atom. The highest BCUT2D eigenvalue weighted by Crippen LogP contribution is 2.39. The molecule has 0 saturated heterocycles. The topological polar surface area (TPSA) is 37.4 Å². The fourth-order valence-electron chi connectivity index (χ4n) is 2.37. The van der Waals surface area contributed by atoms with E-state index < -0.39 is 46.7 Å². The van der Waals surface area contributed by atoms with Crippen LogP contribution in [-0.4, -0.2) is 11.8 Å². The van der Waals surface area contributed by atoms with Crippen molar-refractivity contribution in [3.8, 4) is 0 Å². The second kappa shape index (κ2) is 5.08. The van der Waals surface area contributed by atoms with E-state index in [2.05, 4.69) is 0 Å².